The maximum atomic E-state index is 12.3. The van der Waals surface area contributed by atoms with Gasteiger partial charge in [0.1, 0.15) is 5.75 Å². The van der Waals surface area contributed by atoms with Crippen molar-refractivity contribution in [1.29, 1.82) is 0 Å². The summed E-state index contributed by atoms with van der Waals surface area (Å²) in [5.41, 5.74) is 9.10. The molecule has 122 valence electrons. The number of benzene rings is 1. The molecular weight excluding hydrogens is 300 g/mol. The van der Waals surface area contributed by atoms with Crippen molar-refractivity contribution in [2.24, 2.45) is 11.0 Å². The largest absolute Gasteiger partial charge is 0.497 e. The third-order valence-corrected chi connectivity index (χ3v) is 3.86. The zero-order valence-corrected chi connectivity index (χ0v) is 12.8. The zero-order chi connectivity index (χ0) is 16.8. The van der Waals surface area contributed by atoms with Crippen LogP contribution in [0.1, 0.15) is 24.4 Å². The van der Waals surface area contributed by atoms with Gasteiger partial charge in [-0.15, -0.1) is 0 Å². The number of rotatable bonds is 7. The summed E-state index contributed by atoms with van der Waals surface area (Å²) < 4.78 is 5.17. The van der Waals surface area contributed by atoms with Gasteiger partial charge in [0.25, 0.3) is 0 Å². The second kappa shape index (κ2) is 7.51. The van der Waals surface area contributed by atoms with Gasteiger partial charge < -0.3 is 14.7 Å². The van der Waals surface area contributed by atoms with E-state index in [0.29, 0.717) is 17.9 Å². The Balaban J connectivity index is 2.25. The smallest absolute Gasteiger partial charge is 0.305 e. The fraction of sp³-hybridized carbons (Fsp3) is 0.467. The Morgan fingerprint density at radius 2 is 2.39 bits per heavy atom. The summed E-state index contributed by atoms with van der Waals surface area (Å²) in [5.74, 6) is -0.586. The van der Waals surface area contributed by atoms with Gasteiger partial charge in [-0.3, -0.25) is 9.59 Å². The number of ether oxygens (including phenoxy) is 1. The molecule has 2 atom stereocenters. The summed E-state index contributed by atoms with van der Waals surface area (Å²) >= 11 is 0. The Bertz CT molecular complexity index is 642. The molecule has 1 amide bonds. The van der Waals surface area contributed by atoms with Gasteiger partial charge in [0, 0.05) is 24.4 Å². The third-order valence-electron chi connectivity index (χ3n) is 3.86. The van der Waals surface area contributed by atoms with Crippen LogP contribution < -0.4 is 4.74 Å². The predicted octanol–water partition coefficient (Wildman–Crippen LogP) is 2.37. The van der Waals surface area contributed by atoms with E-state index >= 15 is 0 Å². The molecule has 8 nitrogen and oxygen atoms in total. The van der Waals surface area contributed by atoms with Crippen LogP contribution in [-0.2, 0) is 9.59 Å². The van der Waals surface area contributed by atoms with E-state index in [1.54, 1.807) is 29.2 Å². The average Bonchev–Trinajstić information content (AvgIpc) is 2.91. The number of methoxy groups -OCH3 is 1. The molecule has 1 fully saturated rings. The predicted molar refractivity (Wildman–Crippen MR) is 81.8 cm³/mol. The molecular formula is C15H18N4O4. The lowest BCUT2D eigenvalue weighted by atomic mass is 10.0. The minimum absolute atomic E-state index is 0.0831. The first-order chi connectivity index (χ1) is 11.0. The second-order valence-corrected chi connectivity index (χ2v) is 5.42. The fourth-order valence-electron chi connectivity index (χ4n) is 2.81. The van der Waals surface area contributed by atoms with Crippen LogP contribution in [0.2, 0.25) is 0 Å². The number of aliphatic carboxylic acids is 1. The number of azide groups is 1. The molecule has 0 aromatic heterocycles. The summed E-state index contributed by atoms with van der Waals surface area (Å²) in [6.45, 7) is 0.615. The minimum atomic E-state index is -0.982. The fourth-order valence-corrected chi connectivity index (χ4v) is 2.81. The highest BCUT2D eigenvalue weighted by Crippen LogP contribution is 2.32. The van der Waals surface area contributed by atoms with Crippen LogP contribution in [0, 0.1) is 5.92 Å². The molecule has 1 aromatic rings. The number of nitrogens with zero attached hydrogens (tertiary/aromatic N) is 4. The van der Waals surface area contributed by atoms with Crippen LogP contribution in [-0.4, -0.2) is 42.1 Å². The Morgan fingerprint density at radius 1 is 1.61 bits per heavy atom. The second-order valence-electron chi connectivity index (χ2n) is 5.42. The monoisotopic (exact) mass is 318 g/mol. The van der Waals surface area contributed by atoms with E-state index < -0.39 is 12.0 Å². The molecule has 8 heteroatoms. The number of carbonyl (C=O) groups is 2. The van der Waals surface area contributed by atoms with Gasteiger partial charge in [0.05, 0.1) is 19.6 Å². The number of carbonyl (C=O) groups excluding carboxylic acids is 1. The normalized spacial score (nSPS) is 18.4. The Kier molecular flexibility index (Phi) is 5.43. The first kappa shape index (κ1) is 16.6. The maximum absolute atomic E-state index is 12.3. The van der Waals surface area contributed by atoms with E-state index in [9.17, 15) is 14.7 Å². The molecule has 1 aliphatic rings. The van der Waals surface area contributed by atoms with Crippen molar-refractivity contribution >= 4 is 11.9 Å². The van der Waals surface area contributed by atoms with Gasteiger partial charge in [-0.05, 0) is 29.1 Å². The van der Waals surface area contributed by atoms with E-state index in [1.807, 2.05) is 0 Å². The van der Waals surface area contributed by atoms with Crippen molar-refractivity contribution < 1.29 is 19.4 Å². The number of carboxylic acid groups (broad SMARTS) is 1. The Hall–Kier alpha value is -2.73. The van der Waals surface area contributed by atoms with Crippen molar-refractivity contribution in [3.8, 4) is 5.75 Å². The van der Waals surface area contributed by atoms with Crippen LogP contribution in [0.25, 0.3) is 10.4 Å². The first-order valence-corrected chi connectivity index (χ1v) is 7.21. The molecule has 1 aliphatic heterocycles. The van der Waals surface area contributed by atoms with Gasteiger partial charge in [-0.1, -0.05) is 17.2 Å². The summed E-state index contributed by atoms with van der Waals surface area (Å²) in [6, 6.07) is 6.48. The summed E-state index contributed by atoms with van der Waals surface area (Å²) in [6.07, 6.45) is 0.0756. The number of likely N-dealkylation sites (tertiary alicyclic amines) is 1. The van der Waals surface area contributed by atoms with E-state index in [-0.39, 0.29) is 31.2 Å². The summed E-state index contributed by atoms with van der Waals surface area (Å²) in [7, 11) is 1.53. The molecule has 0 spiro atoms. The van der Waals surface area contributed by atoms with Crippen molar-refractivity contribution in [3.05, 3.63) is 40.3 Å². The SMILES string of the molecule is COc1cccc(C(CC(=O)O)N2CC(CN=[N+]=[N-])CC2=O)c1. The molecule has 1 N–H and O–H groups in total. The lowest BCUT2D eigenvalue weighted by Crippen LogP contribution is -2.32. The van der Waals surface area contributed by atoms with Crippen LogP contribution in [0.3, 0.4) is 0 Å². The molecule has 23 heavy (non-hydrogen) atoms. The third kappa shape index (κ3) is 4.14. The highest BCUT2D eigenvalue weighted by molar-refractivity contribution is 5.80. The molecule has 1 heterocycles. The minimum Gasteiger partial charge on any atom is -0.497 e. The Labute approximate surface area is 133 Å². The van der Waals surface area contributed by atoms with Crippen molar-refractivity contribution in [3.63, 3.8) is 0 Å². The standard InChI is InChI=1S/C15H18N4O4/c1-23-12-4-2-3-11(6-12)13(7-15(21)22)19-9-10(5-14(19)20)8-17-18-16/h2-4,6,10,13H,5,7-9H2,1H3,(H,21,22). The van der Waals surface area contributed by atoms with Gasteiger partial charge in [-0.2, -0.15) is 0 Å². The van der Waals surface area contributed by atoms with Gasteiger partial charge in [-0.25, -0.2) is 0 Å². The van der Waals surface area contributed by atoms with Crippen LogP contribution in [0.4, 0.5) is 0 Å². The first-order valence-electron chi connectivity index (χ1n) is 7.21. The highest BCUT2D eigenvalue weighted by atomic mass is 16.5. The van der Waals surface area contributed by atoms with E-state index in [0.717, 1.165) is 0 Å². The zero-order valence-electron chi connectivity index (χ0n) is 12.8. The number of hydrogen-bond acceptors (Lipinski definition) is 4. The number of amides is 1. The molecule has 2 rings (SSSR count). The molecule has 0 radical (unpaired) electrons. The summed E-state index contributed by atoms with van der Waals surface area (Å²) in [5, 5.41) is 12.7. The molecule has 1 saturated heterocycles. The average molecular weight is 318 g/mol. The van der Waals surface area contributed by atoms with Crippen molar-refractivity contribution in [1.82, 2.24) is 4.90 Å². The number of carboxylic acids is 1. The molecule has 0 aliphatic carbocycles. The van der Waals surface area contributed by atoms with Crippen LogP contribution >= 0.6 is 0 Å². The lowest BCUT2D eigenvalue weighted by molar-refractivity contribution is -0.139. The lowest BCUT2D eigenvalue weighted by Gasteiger charge is -2.27. The molecule has 0 saturated carbocycles. The Morgan fingerprint density at radius 3 is 3.04 bits per heavy atom. The molecule has 0 bridgehead atoms. The number of hydrogen-bond donors (Lipinski definition) is 1. The van der Waals surface area contributed by atoms with Crippen LogP contribution in [0.5, 0.6) is 5.75 Å². The van der Waals surface area contributed by atoms with Crippen molar-refractivity contribution in [2.75, 3.05) is 20.2 Å². The topological polar surface area (TPSA) is 116 Å². The van der Waals surface area contributed by atoms with Gasteiger partial charge in [0.15, 0.2) is 0 Å². The van der Waals surface area contributed by atoms with Gasteiger partial charge >= 0.3 is 5.97 Å². The van der Waals surface area contributed by atoms with E-state index in [4.69, 9.17) is 10.3 Å². The molecule has 2 unspecified atom stereocenters. The van der Waals surface area contributed by atoms with Crippen molar-refractivity contribution in [2.45, 2.75) is 18.9 Å². The van der Waals surface area contributed by atoms with Crippen LogP contribution in [0.15, 0.2) is 29.4 Å². The van der Waals surface area contributed by atoms with E-state index in [2.05, 4.69) is 10.0 Å². The molecule has 1 aromatic carbocycles. The quantitative estimate of drug-likeness (QED) is 0.472. The summed E-state index contributed by atoms with van der Waals surface area (Å²) in [4.78, 5) is 27.7. The van der Waals surface area contributed by atoms with Gasteiger partial charge in [0.2, 0.25) is 5.91 Å². The van der Waals surface area contributed by atoms with E-state index in [1.165, 1.54) is 7.11 Å². The highest BCUT2D eigenvalue weighted by Gasteiger charge is 2.35. The maximum Gasteiger partial charge on any atom is 0.305 e.